The number of anilines is 6. The molecule has 0 radical (unpaired) electrons. The molecule has 0 saturated heterocycles. The highest BCUT2D eigenvalue weighted by molar-refractivity contribution is 7.91. The molecule has 3 aliphatic rings. The van der Waals surface area contributed by atoms with Crippen LogP contribution in [0.4, 0.5) is 34.1 Å². The minimum atomic E-state index is -3.93. The first-order chi connectivity index (χ1) is 34.3. The summed E-state index contributed by atoms with van der Waals surface area (Å²) >= 11 is 0. The van der Waals surface area contributed by atoms with Gasteiger partial charge in [0.1, 0.15) is 0 Å². The Hall–Kier alpha value is -8.25. The van der Waals surface area contributed by atoms with Gasteiger partial charge in [-0.05, 0) is 116 Å². The summed E-state index contributed by atoms with van der Waals surface area (Å²) in [6.45, 7) is 4.35. The second-order valence-corrected chi connectivity index (χ2v) is 21.1. The maximum Gasteiger partial charge on any atom is 0.207 e. The van der Waals surface area contributed by atoms with Gasteiger partial charge < -0.3 is 9.80 Å². The fourth-order valence-electron chi connectivity index (χ4n) is 12.4. The third-order valence-electron chi connectivity index (χ3n) is 15.4. The van der Waals surface area contributed by atoms with E-state index in [0.717, 1.165) is 67.5 Å². The maximum atomic E-state index is 15.1. The predicted molar refractivity (Wildman–Crippen MR) is 284 cm³/mol. The molecule has 10 aromatic rings. The third kappa shape index (κ3) is 5.73. The second-order valence-electron chi connectivity index (χ2n) is 19.2. The molecule has 13 rings (SSSR count). The average Bonchev–Trinajstić information content (AvgIpc) is 3.42. The van der Waals surface area contributed by atoms with E-state index in [1.165, 1.54) is 22.3 Å². The van der Waals surface area contributed by atoms with Crippen molar-refractivity contribution in [2.45, 2.75) is 39.9 Å². The minimum absolute atomic E-state index is 0.340. The number of fused-ring (bicyclic) bond motifs is 6. The van der Waals surface area contributed by atoms with Gasteiger partial charge in [-0.25, -0.2) is 8.42 Å². The Morgan fingerprint density at radius 1 is 0.300 bits per heavy atom. The number of para-hydroxylation sites is 4. The first-order valence-electron chi connectivity index (χ1n) is 24.0. The highest BCUT2D eigenvalue weighted by atomic mass is 32.2. The van der Waals surface area contributed by atoms with Crippen LogP contribution in [0.1, 0.15) is 69.5 Å². The lowest BCUT2D eigenvalue weighted by Crippen LogP contribution is -2.38. The van der Waals surface area contributed by atoms with Crippen molar-refractivity contribution in [3.05, 3.63) is 310 Å². The Kier molecular flexibility index (Phi) is 9.36. The molecule has 4 nitrogen and oxygen atoms in total. The van der Waals surface area contributed by atoms with Crippen molar-refractivity contribution in [3.8, 4) is 0 Å². The number of benzene rings is 10. The predicted octanol–water partition coefficient (Wildman–Crippen LogP) is 15.5. The second kappa shape index (κ2) is 15.6. The van der Waals surface area contributed by atoms with Gasteiger partial charge in [-0.15, -0.1) is 0 Å². The Bertz CT molecular complexity index is 3360. The highest BCUT2D eigenvalue weighted by Gasteiger charge is 2.49. The van der Waals surface area contributed by atoms with Gasteiger partial charge >= 0.3 is 0 Å². The van der Waals surface area contributed by atoms with E-state index < -0.39 is 26.1 Å². The van der Waals surface area contributed by atoms with Crippen LogP contribution in [0.3, 0.4) is 0 Å². The van der Waals surface area contributed by atoms with Crippen LogP contribution in [-0.4, -0.2) is 8.42 Å². The average molecular weight is 921 g/mol. The van der Waals surface area contributed by atoms with Crippen molar-refractivity contribution in [1.29, 1.82) is 0 Å². The van der Waals surface area contributed by atoms with Crippen molar-refractivity contribution in [2.24, 2.45) is 0 Å². The van der Waals surface area contributed by atoms with E-state index in [1.54, 1.807) is 0 Å². The number of hydrogen-bond acceptors (Lipinski definition) is 4. The molecule has 70 heavy (non-hydrogen) atoms. The summed E-state index contributed by atoms with van der Waals surface area (Å²) in [6.07, 6.45) is 0. The molecule has 3 aliphatic heterocycles. The maximum absolute atomic E-state index is 15.1. The third-order valence-corrected chi connectivity index (χ3v) is 17.3. The Morgan fingerprint density at radius 3 is 0.843 bits per heavy atom. The van der Waals surface area contributed by atoms with Gasteiger partial charge in [0.15, 0.2) is 0 Å². The number of hydrogen-bond donors (Lipinski definition) is 0. The zero-order chi connectivity index (χ0) is 47.2. The molecule has 3 heterocycles. The summed E-state index contributed by atoms with van der Waals surface area (Å²) in [7, 11) is -3.93. The minimum Gasteiger partial charge on any atom is -0.310 e. The Labute approximate surface area is 410 Å². The first-order valence-corrected chi connectivity index (χ1v) is 25.5. The van der Waals surface area contributed by atoms with Crippen LogP contribution in [0, 0.1) is 0 Å². The van der Waals surface area contributed by atoms with Gasteiger partial charge in [0, 0.05) is 16.8 Å². The Balaban J connectivity index is 0.988. The van der Waals surface area contributed by atoms with E-state index >= 15 is 8.42 Å². The summed E-state index contributed by atoms with van der Waals surface area (Å²) in [5.41, 5.74) is 14.8. The van der Waals surface area contributed by atoms with Crippen LogP contribution in [0.15, 0.2) is 265 Å². The van der Waals surface area contributed by atoms with E-state index in [-0.39, 0.29) is 0 Å². The quantitative estimate of drug-likeness (QED) is 0.167. The summed E-state index contributed by atoms with van der Waals surface area (Å²) in [4.78, 5) is 5.34. The van der Waals surface area contributed by atoms with Crippen molar-refractivity contribution >= 4 is 44.0 Å². The van der Waals surface area contributed by atoms with Crippen LogP contribution in [0.5, 0.6) is 0 Å². The van der Waals surface area contributed by atoms with Crippen molar-refractivity contribution in [1.82, 2.24) is 0 Å². The molecule has 5 heteroatoms. The van der Waals surface area contributed by atoms with E-state index in [2.05, 4.69) is 254 Å². The molecule has 0 N–H and O–H groups in total. The fraction of sp³-hybridized carbons (Fsp3) is 0.0769. The molecule has 0 atom stereocenters. The molecule has 0 aromatic heterocycles. The lowest BCUT2D eigenvalue weighted by atomic mass is 9.62. The summed E-state index contributed by atoms with van der Waals surface area (Å²) in [5, 5.41) is 0. The smallest absolute Gasteiger partial charge is 0.207 e. The zero-order valence-electron chi connectivity index (χ0n) is 38.9. The van der Waals surface area contributed by atoms with Gasteiger partial charge in [-0.3, -0.25) is 0 Å². The monoisotopic (exact) mass is 920 g/mol. The molecule has 0 aliphatic carbocycles. The van der Waals surface area contributed by atoms with Crippen molar-refractivity contribution in [2.75, 3.05) is 9.80 Å². The summed E-state index contributed by atoms with van der Waals surface area (Å²) < 4.78 is 30.2. The molecule has 0 unspecified atom stereocenters. The van der Waals surface area contributed by atoms with E-state index in [0.29, 0.717) is 9.79 Å². The highest BCUT2D eigenvalue weighted by Crippen LogP contribution is 2.60. The topological polar surface area (TPSA) is 40.6 Å². The summed E-state index contributed by atoms with van der Waals surface area (Å²) in [5.74, 6) is 0. The van der Waals surface area contributed by atoms with Gasteiger partial charge in [0.05, 0.1) is 43.4 Å². The van der Waals surface area contributed by atoms with Crippen LogP contribution >= 0.6 is 0 Å². The Morgan fingerprint density at radius 2 is 0.557 bits per heavy atom. The van der Waals surface area contributed by atoms with Crippen LogP contribution in [-0.2, 0) is 26.1 Å². The zero-order valence-corrected chi connectivity index (χ0v) is 39.7. The molecular weight excluding hydrogens is 873 g/mol. The van der Waals surface area contributed by atoms with E-state index in [9.17, 15) is 0 Å². The molecule has 0 saturated carbocycles. The molecule has 0 bridgehead atoms. The van der Waals surface area contributed by atoms with E-state index in [4.69, 9.17) is 0 Å². The van der Waals surface area contributed by atoms with Crippen molar-refractivity contribution in [3.63, 3.8) is 0 Å². The van der Waals surface area contributed by atoms with Crippen LogP contribution in [0.2, 0.25) is 0 Å². The van der Waals surface area contributed by atoms with Gasteiger partial charge in [-0.1, -0.05) is 208 Å². The molecule has 10 aromatic carbocycles. The molecule has 336 valence electrons. The number of rotatable bonds is 6. The SMILES string of the molecule is CC1(C)c2cc(N3c4ccccc4C(c4ccccc4)(c4ccccc4)c4ccccc43)ccc2S(=O)(=O)c2ccc(N3c4ccccc4C(c4ccccc4)(c4ccccc4)c4ccccc43)cc21. The van der Waals surface area contributed by atoms with Crippen molar-refractivity contribution < 1.29 is 8.42 Å². The molecule has 0 spiro atoms. The van der Waals surface area contributed by atoms with Gasteiger partial charge in [0.2, 0.25) is 9.84 Å². The lowest BCUT2D eigenvalue weighted by Gasteiger charge is -2.47. The first kappa shape index (κ1) is 41.9. The number of sulfone groups is 1. The number of nitrogens with zero attached hydrogens (tertiary/aromatic N) is 2. The largest absolute Gasteiger partial charge is 0.310 e. The lowest BCUT2D eigenvalue weighted by molar-refractivity contribution is 0.556. The molecular formula is C65H48N2O2S. The van der Waals surface area contributed by atoms with Gasteiger partial charge in [0.25, 0.3) is 0 Å². The summed E-state index contributed by atoms with van der Waals surface area (Å²) in [6, 6.07) is 89.8. The fourth-order valence-corrected chi connectivity index (χ4v) is 14.3. The van der Waals surface area contributed by atoms with Gasteiger partial charge in [-0.2, -0.15) is 0 Å². The standard InChI is InChI=1S/C65H48N2O2S/c1-63(2)55-43-49(66-57-35-19-15-31-51(57)64(45-23-7-3-8-24-45,46-25-9-4-10-26-46)52-32-16-20-36-58(52)66)39-41-61(55)70(68,69)62-42-40-50(44-56(62)63)67-59-37-21-17-33-53(59)65(47-27-11-5-12-28-47,48-29-13-6-14-30-48)54-34-18-22-38-60(54)67/h3-44H,1-2H3. The normalized spacial score (nSPS) is 16.1. The van der Waals surface area contributed by atoms with E-state index in [1.807, 2.05) is 24.3 Å². The molecule has 0 fully saturated rings. The van der Waals surface area contributed by atoms with Crippen LogP contribution in [0.25, 0.3) is 0 Å². The molecule has 0 amide bonds. The van der Waals surface area contributed by atoms with Crippen LogP contribution < -0.4 is 9.80 Å².